The van der Waals surface area contributed by atoms with Crippen molar-refractivity contribution in [3.8, 4) is 11.8 Å². The molecular formula is C25H29N5O2S2. The van der Waals surface area contributed by atoms with E-state index in [9.17, 15) is 10.1 Å². The average Bonchev–Trinajstić information content (AvgIpc) is 3.43. The third kappa shape index (κ3) is 5.29. The summed E-state index contributed by atoms with van der Waals surface area (Å²) in [4.78, 5) is 13.9. The molecule has 3 aromatic rings. The van der Waals surface area contributed by atoms with Crippen molar-refractivity contribution in [3.05, 3.63) is 51.7 Å². The van der Waals surface area contributed by atoms with Crippen molar-refractivity contribution < 1.29 is 9.53 Å². The molecule has 1 aromatic carbocycles. The first-order valence-electron chi connectivity index (χ1n) is 11.7. The monoisotopic (exact) mass is 495 g/mol. The maximum absolute atomic E-state index is 12.7. The molecule has 0 radical (unpaired) electrons. The Balaban J connectivity index is 1.39. The summed E-state index contributed by atoms with van der Waals surface area (Å²) >= 11 is 2.88. The molecule has 2 heterocycles. The van der Waals surface area contributed by atoms with Crippen LogP contribution in [0.4, 0.5) is 5.00 Å². The fourth-order valence-electron chi connectivity index (χ4n) is 4.13. The van der Waals surface area contributed by atoms with Crippen LogP contribution in [0.25, 0.3) is 0 Å². The van der Waals surface area contributed by atoms with Gasteiger partial charge in [-0.25, -0.2) is 0 Å². The van der Waals surface area contributed by atoms with Crippen molar-refractivity contribution in [1.29, 1.82) is 5.26 Å². The van der Waals surface area contributed by atoms with Gasteiger partial charge in [-0.3, -0.25) is 4.79 Å². The van der Waals surface area contributed by atoms with Crippen LogP contribution in [0.2, 0.25) is 0 Å². The van der Waals surface area contributed by atoms with Gasteiger partial charge in [0, 0.05) is 11.4 Å². The van der Waals surface area contributed by atoms with E-state index in [1.807, 2.05) is 30.5 Å². The molecule has 0 unspecified atom stereocenters. The molecule has 0 aliphatic heterocycles. The van der Waals surface area contributed by atoms with E-state index in [1.54, 1.807) is 11.3 Å². The van der Waals surface area contributed by atoms with Gasteiger partial charge < -0.3 is 14.6 Å². The van der Waals surface area contributed by atoms with Crippen LogP contribution in [-0.4, -0.2) is 26.4 Å². The number of thiophene rings is 1. The molecule has 0 fully saturated rings. The topological polar surface area (TPSA) is 92.8 Å². The number of carbonyl (C=O) groups is 1. The minimum absolute atomic E-state index is 0.146. The molecule has 0 bridgehead atoms. The predicted molar refractivity (Wildman–Crippen MR) is 136 cm³/mol. The number of aromatic nitrogens is 3. The van der Waals surface area contributed by atoms with Crippen LogP contribution in [0.3, 0.4) is 0 Å². The number of nitrogens with zero attached hydrogens (tertiary/aromatic N) is 4. The fraction of sp³-hybridized carbons (Fsp3) is 0.440. The predicted octanol–water partition coefficient (Wildman–Crippen LogP) is 5.54. The second kappa shape index (κ2) is 11.1. The van der Waals surface area contributed by atoms with Crippen LogP contribution in [0.5, 0.6) is 5.75 Å². The Morgan fingerprint density at radius 3 is 2.74 bits per heavy atom. The first-order chi connectivity index (χ1) is 16.5. The lowest BCUT2D eigenvalue weighted by Crippen LogP contribution is -2.15. The molecule has 4 rings (SSSR count). The summed E-state index contributed by atoms with van der Waals surface area (Å²) in [7, 11) is 0. The number of rotatable bonds is 9. The van der Waals surface area contributed by atoms with Crippen molar-refractivity contribution in [2.75, 3.05) is 11.1 Å². The molecular weight excluding hydrogens is 466 g/mol. The van der Waals surface area contributed by atoms with Gasteiger partial charge in [-0.15, -0.1) is 21.5 Å². The highest BCUT2D eigenvalue weighted by molar-refractivity contribution is 7.99. The number of hydrogen-bond donors (Lipinski definition) is 1. The molecule has 178 valence electrons. The molecule has 2 aromatic heterocycles. The number of thioether (sulfide) groups is 1. The molecule has 0 spiro atoms. The Morgan fingerprint density at radius 2 is 2.03 bits per heavy atom. The van der Waals surface area contributed by atoms with E-state index in [0.717, 1.165) is 49.2 Å². The van der Waals surface area contributed by atoms with Gasteiger partial charge in [0.15, 0.2) is 17.1 Å². The third-order valence-corrected chi connectivity index (χ3v) is 8.11. The molecule has 34 heavy (non-hydrogen) atoms. The molecule has 7 nitrogen and oxygen atoms in total. The van der Waals surface area contributed by atoms with Crippen LogP contribution in [0.15, 0.2) is 29.4 Å². The van der Waals surface area contributed by atoms with Crippen molar-refractivity contribution >= 4 is 34.0 Å². The first-order valence-corrected chi connectivity index (χ1v) is 13.5. The van der Waals surface area contributed by atoms with Crippen molar-refractivity contribution in [2.24, 2.45) is 0 Å². The van der Waals surface area contributed by atoms with Gasteiger partial charge in [-0.2, -0.15) is 5.26 Å². The lowest BCUT2D eigenvalue weighted by atomic mass is 9.96. The number of aryl methyl sites for hydroxylation is 2. The third-order valence-electron chi connectivity index (χ3n) is 5.94. The zero-order valence-electron chi connectivity index (χ0n) is 19.8. The number of nitrogens with one attached hydrogen (secondary N) is 1. The Morgan fingerprint density at radius 1 is 1.26 bits per heavy atom. The second-order valence-corrected chi connectivity index (χ2v) is 10.3. The smallest absolute Gasteiger partial charge is 0.235 e. The van der Waals surface area contributed by atoms with Gasteiger partial charge in [-0.1, -0.05) is 30.8 Å². The summed E-state index contributed by atoms with van der Waals surface area (Å²) in [6.07, 6.45) is 4.86. The molecule has 1 atom stereocenters. The number of anilines is 1. The quantitative estimate of drug-likeness (QED) is 0.392. The number of amides is 1. The van der Waals surface area contributed by atoms with Crippen LogP contribution in [-0.2, 0) is 30.6 Å². The number of nitriles is 1. The lowest BCUT2D eigenvalue weighted by Gasteiger charge is -2.15. The maximum Gasteiger partial charge on any atom is 0.235 e. The summed E-state index contributed by atoms with van der Waals surface area (Å²) in [5.41, 5.74) is 3.02. The molecule has 1 aliphatic rings. The van der Waals surface area contributed by atoms with Gasteiger partial charge in [0.05, 0.1) is 11.3 Å². The minimum atomic E-state index is -0.279. The van der Waals surface area contributed by atoms with Gasteiger partial charge in [-0.05, 0) is 69.2 Å². The van der Waals surface area contributed by atoms with E-state index in [2.05, 4.69) is 40.6 Å². The highest BCUT2D eigenvalue weighted by Gasteiger charge is 2.23. The van der Waals surface area contributed by atoms with E-state index in [0.29, 0.717) is 22.3 Å². The Kier molecular flexibility index (Phi) is 7.91. The number of hydrogen-bond acceptors (Lipinski definition) is 7. The van der Waals surface area contributed by atoms with Gasteiger partial charge >= 0.3 is 0 Å². The van der Waals surface area contributed by atoms with E-state index in [4.69, 9.17) is 4.74 Å². The zero-order valence-corrected chi connectivity index (χ0v) is 21.4. The Bertz CT molecular complexity index is 1190. The Hall–Kier alpha value is -2.83. The summed E-state index contributed by atoms with van der Waals surface area (Å²) in [5, 5.41) is 22.6. The zero-order chi connectivity index (χ0) is 24.1. The Labute approximate surface area is 208 Å². The summed E-state index contributed by atoms with van der Waals surface area (Å²) in [5.74, 6) is 1.56. The number of ether oxygens (including phenoxy) is 1. The molecule has 0 saturated heterocycles. The number of fused-ring (bicyclic) bond motifs is 1. The van der Waals surface area contributed by atoms with Crippen molar-refractivity contribution in [2.45, 2.75) is 70.7 Å². The maximum atomic E-state index is 12.7. The second-order valence-electron chi connectivity index (χ2n) is 8.21. The SMILES string of the molecule is CCc1ccc(O[C@H](C)c2nnc(SCC(=O)Nc3sc4c(c3C#N)CCCC4)n2CC)cc1. The van der Waals surface area contributed by atoms with Crippen LogP contribution in [0, 0.1) is 11.3 Å². The minimum Gasteiger partial charge on any atom is -0.483 e. The summed E-state index contributed by atoms with van der Waals surface area (Å²) < 4.78 is 8.06. The van der Waals surface area contributed by atoms with Gasteiger partial charge in [0.1, 0.15) is 16.8 Å². The standard InChI is InChI=1S/C25H29N5O2S2/c1-4-17-10-12-18(13-11-17)32-16(3)23-28-29-25(30(23)5-2)33-15-22(31)27-24-20(14-26)19-8-6-7-9-21(19)34-24/h10-13,16H,4-9,15H2,1-3H3,(H,27,31)/t16-/m1/s1. The average molecular weight is 496 g/mol. The van der Waals surface area contributed by atoms with Crippen LogP contribution in [0.1, 0.15) is 67.1 Å². The number of carbonyl (C=O) groups excluding carboxylic acids is 1. The van der Waals surface area contributed by atoms with Gasteiger partial charge in [0.25, 0.3) is 0 Å². The van der Waals surface area contributed by atoms with Crippen LogP contribution >= 0.6 is 23.1 Å². The highest BCUT2D eigenvalue weighted by atomic mass is 32.2. The van der Waals surface area contributed by atoms with E-state index in [-0.39, 0.29) is 17.8 Å². The van der Waals surface area contributed by atoms with Crippen LogP contribution < -0.4 is 10.1 Å². The van der Waals surface area contributed by atoms with Gasteiger partial charge in [0.2, 0.25) is 5.91 Å². The largest absolute Gasteiger partial charge is 0.483 e. The van der Waals surface area contributed by atoms with E-state index < -0.39 is 0 Å². The van der Waals surface area contributed by atoms with E-state index >= 15 is 0 Å². The van der Waals surface area contributed by atoms with E-state index in [1.165, 1.54) is 22.2 Å². The highest BCUT2D eigenvalue weighted by Crippen LogP contribution is 2.37. The lowest BCUT2D eigenvalue weighted by molar-refractivity contribution is -0.113. The number of benzene rings is 1. The molecule has 1 amide bonds. The molecule has 1 aliphatic carbocycles. The molecule has 9 heteroatoms. The fourth-order valence-corrected chi connectivity index (χ4v) is 6.20. The summed E-state index contributed by atoms with van der Waals surface area (Å²) in [6, 6.07) is 10.4. The summed E-state index contributed by atoms with van der Waals surface area (Å²) in [6.45, 7) is 6.77. The van der Waals surface area contributed by atoms with Crippen molar-refractivity contribution in [1.82, 2.24) is 14.8 Å². The normalized spacial score (nSPS) is 13.7. The molecule has 1 N–H and O–H groups in total. The van der Waals surface area contributed by atoms with Crippen molar-refractivity contribution in [3.63, 3.8) is 0 Å². The first kappa shape index (κ1) is 24.3. The molecule has 0 saturated carbocycles.